The summed E-state index contributed by atoms with van der Waals surface area (Å²) in [5.41, 5.74) is 1.58. The molecule has 0 aromatic heterocycles. The van der Waals surface area contributed by atoms with Crippen molar-refractivity contribution in [3.8, 4) is 0 Å². The van der Waals surface area contributed by atoms with Gasteiger partial charge in [0.25, 0.3) is 0 Å². The van der Waals surface area contributed by atoms with Crippen LogP contribution in [0, 0.1) is 0 Å². The highest BCUT2D eigenvalue weighted by Gasteiger charge is 2.05. The average molecular weight is 207 g/mol. The van der Waals surface area contributed by atoms with Gasteiger partial charge in [-0.1, -0.05) is 24.3 Å². The number of benzene rings is 1. The molecule has 0 fully saturated rings. The minimum absolute atomic E-state index is 0.0181. The zero-order valence-electron chi connectivity index (χ0n) is 8.49. The Balaban J connectivity index is 2.76. The molecule has 0 heterocycles. The van der Waals surface area contributed by atoms with Crippen LogP contribution in [-0.2, 0) is 22.6 Å². The Hall–Kier alpha value is -1.84. The van der Waals surface area contributed by atoms with E-state index in [0.717, 1.165) is 11.1 Å². The first-order valence-electron chi connectivity index (χ1n) is 4.62. The number of carbonyl (C=O) groups is 2. The monoisotopic (exact) mass is 207 g/mol. The molecular weight excluding hydrogens is 194 g/mol. The highest BCUT2D eigenvalue weighted by molar-refractivity contribution is 5.73. The molecule has 15 heavy (non-hydrogen) atoms. The molecule has 80 valence electrons. The van der Waals surface area contributed by atoms with Gasteiger partial charge in [0, 0.05) is 13.5 Å². The lowest BCUT2D eigenvalue weighted by Crippen LogP contribution is -2.20. The molecule has 0 saturated carbocycles. The number of rotatable bonds is 4. The maximum atomic E-state index is 10.7. The van der Waals surface area contributed by atoms with Crippen molar-refractivity contribution in [2.45, 2.75) is 19.9 Å². The first-order chi connectivity index (χ1) is 7.09. The Morgan fingerprint density at radius 2 is 1.87 bits per heavy atom. The summed E-state index contributed by atoms with van der Waals surface area (Å²) in [4.78, 5) is 21.3. The van der Waals surface area contributed by atoms with E-state index in [2.05, 4.69) is 5.32 Å². The number of hydrogen-bond donors (Lipinski definition) is 2. The van der Waals surface area contributed by atoms with Gasteiger partial charge in [-0.3, -0.25) is 9.59 Å². The summed E-state index contributed by atoms with van der Waals surface area (Å²) in [5, 5.41) is 11.3. The fourth-order valence-electron chi connectivity index (χ4n) is 1.29. The Morgan fingerprint density at radius 1 is 1.27 bits per heavy atom. The molecule has 0 bridgehead atoms. The zero-order chi connectivity index (χ0) is 11.3. The van der Waals surface area contributed by atoms with Crippen LogP contribution in [0.3, 0.4) is 0 Å². The van der Waals surface area contributed by atoms with Crippen LogP contribution in [0.2, 0.25) is 0 Å². The van der Waals surface area contributed by atoms with Gasteiger partial charge >= 0.3 is 5.97 Å². The highest BCUT2D eigenvalue weighted by Crippen LogP contribution is 2.09. The van der Waals surface area contributed by atoms with Gasteiger partial charge in [0.2, 0.25) is 5.91 Å². The number of aliphatic carboxylic acids is 1. The molecule has 1 aromatic rings. The van der Waals surface area contributed by atoms with E-state index in [4.69, 9.17) is 5.11 Å². The third-order valence-electron chi connectivity index (χ3n) is 1.99. The van der Waals surface area contributed by atoms with E-state index >= 15 is 0 Å². The highest BCUT2D eigenvalue weighted by atomic mass is 16.4. The molecular formula is C11H13NO3. The first-order valence-corrected chi connectivity index (χ1v) is 4.62. The second kappa shape index (κ2) is 5.14. The summed E-state index contributed by atoms with van der Waals surface area (Å²) in [6.07, 6.45) is -0.0181. The fourth-order valence-corrected chi connectivity index (χ4v) is 1.29. The lowest BCUT2D eigenvalue weighted by molar-refractivity contribution is -0.136. The summed E-state index contributed by atoms with van der Waals surface area (Å²) < 4.78 is 0. The van der Waals surface area contributed by atoms with E-state index in [-0.39, 0.29) is 12.3 Å². The molecule has 0 atom stereocenters. The number of nitrogens with one attached hydrogen (secondary N) is 1. The Morgan fingerprint density at radius 3 is 2.40 bits per heavy atom. The van der Waals surface area contributed by atoms with Gasteiger partial charge in [-0.15, -0.1) is 0 Å². The smallest absolute Gasteiger partial charge is 0.307 e. The topological polar surface area (TPSA) is 66.4 Å². The van der Waals surface area contributed by atoms with Crippen molar-refractivity contribution in [3.63, 3.8) is 0 Å². The second-order valence-corrected chi connectivity index (χ2v) is 3.25. The molecule has 1 rings (SSSR count). The van der Waals surface area contributed by atoms with Crippen LogP contribution in [0.15, 0.2) is 24.3 Å². The molecule has 4 heteroatoms. The Labute approximate surface area is 87.9 Å². The average Bonchev–Trinajstić information content (AvgIpc) is 2.15. The molecule has 2 N–H and O–H groups in total. The minimum atomic E-state index is -0.870. The summed E-state index contributed by atoms with van der Waals surface area (Å²) in [5.74, 6) is -0.995. The third-order valence-corrected chi connectivity index (χ3v) is 1.99. The molecule has 0 saturated heterocycles. The molecule has 1 amide bonds. The number of amides is 1. The second-order valence-electron chi connectivity index (χ2n) is 3.25. The molecule has 0 spiro atoms. The minimum Gasteiger partial charge on any atom is -0.481 e. The fraction of sp³-hybridized carbons (Fsp3) is 0.273. The SMILES string of the molecule is CC(=O)NCc1ccccc1CC(=O)O. The van der Waals surface area contributed by atoms with E-state index in [1.54, 1.807) is 12.1 Å². The molecule has 0 aliphatic rings. The molecule has 0 aliphatic heterocycles. The van der Waals surface area contributed by atoms with E-state index in [9.17, 15) is 9.59 Å². The van der Waals surface area contributed by atoms with Crippen LogP contribution in [0.4, 0.5) is 0 Å². The number of carboxylic acids is 1. The van der Waals surface area contributed by atoms with Crippen molar-refractivity contribution >= 4 is 11.9 Å². The number of carbonyl (C=O) groups excluding carboxylic acids is 1. The van der Waals surface area contributed by atoms with E-state index < -0.39 is 5.97 Å². The van der Waals surface area contributed by atoms with Crippen molar-refractivity contribution in [2.75, 3.05) is 0 Å². The summed E-state index contributed by atoms with van der Waals surface area (Å²) in [7, 11) is 0. The van der Waals surface area contributed by atoms with Crippen molar-refractivity contribution in [1.82, 2.24) is 5.32 Å². The van der Waals surface area contributed by atoms with Crippen LogP contribution >= 0.6 is 0 Å². The quantitative estimate of drug-likeness (QED) is 0.772. The van der Waals surface area contributed by atoms with Gasteiger partial charge in [0.1, 0.15) is 0 Å². The Kier molecular flexibility index (Phi) is 3.85. The number of hydrogen-bond acceptors (Lipinski definition) is 2. The van der Waals surface area contributed by atoms with Crippen LogP contribution in [-0.4, -0.2) is 17.0 Å². The lowest BCUT2D eigenvalue weighted by atomic mass is 10.0. The van der Waals surface area contributed by atoms with E-state index in [1.165, 1.54) is 6.92 Å². The molecule has 0 aliphatic carbocycles. The maximum Gasteiger partial charge on any atom is 0.307 e. The third kappa shape index (κ3) is 3.81. The van der Waals surface area contributed by atoms with Crippen molar-refractivity contribution in [2.24, 2.45) is 0 Å². The molecule has 0 unspecified atom stereocenters. The van der Waals surface area contributed by atoms with Crippen LogP contribution in [0.25, 0.3) is 0 Å². The Bertz CT molecular complexity index is 374. The normalized spacial score (nSPS) is 9.67. The number of carboxylic acid groups (broad SMARTS) is 1. The van der Waals surface area contributed by atoms with Crippen LogP contribution in [0.5, 0.6) is 0 Å². The first kappa shape index (κ1) is 11.2. The largest absolute Gasteiger partial charge is 0.481 e. The zero-order valence-corrected chi connectivity index (χ0v) is 8.49. The summed E-state index contributed by atoms with van der Waals surface area (Å²) >= 11 is 0. The molecule has 1 aromatic carbocycles. The predicted octanol–water partition coefficient (Wildman–Crippen LogP) is 0.950. The summed E-state index contributed by atoms with van der Waals surface area (Å²) in [6.45, 7) is 1.80. The van der Waals surface area contributed by atoms with Crippen LogP contribution in [0.1, 0.15) is 18.1 Å². The van der Waals surface area contributed by atoms with Crippen molar-refractivity contribution < 1.29 is 14.7 Å². The van der Waals surface area contributed by atoms with Crippen LogP contribution < -0.4 is 5.32 Å². The molecule has 4 nitrogen and oxygen atoms in total. The lowest BCUT2D eigenvalue weighted by Gasteiger charge is -2.07. The van der Waals surface area contributed by atoms with Gasteiger partial charge in [-0.2, -0.15) is 0 Å². The van der Waals surface area contributed by atoms with Gasteiger partial charge in [0.15, 0.2) is 0 Å². The predicted molar refractivity (Wildman–Crippen MR) is 55.3 cm³/mol. The van der Waals surface area contributed by atoms with E-state index in [1.807, 2.05) is 12.1 Å². The maximum absolute atomic E-state index is 10.7. The van der Waals surface area contributed by atoms with E-state index in [0.29, 0.717) is 6.54 Å². The standard InChI is InChI=1S/C11H13NO3/c1-8(13)12-7-10-5-3-2-4-9(10)6-11(14)15/h2-5H,6-7H2,1H3,(H,12,13)(H,14,15). The van der Waals surface area contributed by atoms with Crippen molar-refractivity contribution in [1.29, 1.82) is 0 Å². The summed E-state index contributed by atoms with van der Waals surface area (Å²) in [6, 6.07) is 7.18. The van der Waals surface area contributed by atoms with Gasteiger partial charge < -0.3 is 10.4 Å². The van der Waals surface area contributed by atoms with Gasteiger partial charge in [-0.25, -0.2) is 0 Å². The van der Waals surface area contributed by atoms with Crippen molar-refractivity contribution in [3.05, 3.63) is 35.4 Å². The van der Waals surface area contributed by atoms with Gasteiger partial charge in [-0.05, 0) is 11.1 Å². The van der Waals surface area contributed by atoms with Gasteiger partial charge in [0.05, 0.1) is 6.42 Å². The molecule has 0 radical (unpaired) electrons.